The third kappa shape index (κ3) is 12.0. The fraction of sp³-hybridized carbons (Fsp3) is 0.214. The Morgan fingerprint density at radius 2 is 1.20 bits per heavy atom. The Labute approximate surface area is 270 Å². The van der Waals surface area contributed by atoms with E-state index in [0.29, 0.717) is 11.1 Å². The summed E-state index contributed by atoms with van der Waals surface area (Å²) in [5.41, 5.74) is 0.669. The number of benzene rings is 3. The van der Waals surface area contributed by atoms with Crippen molar-refractivity contribution in [1.82, 2.24) is 10.6 Å². The topological polar surface area (TPSA) is 208 Å². The van der Waals surface area contributed by atoms with E-state index in [1.165, 1.54) is 62.4 Å². The number of esters is 1. The zero-order valence-corrected chi connectivity index (χ0v) is 25.8. The molecule has 0 aliphatic heterocycles. The van der Waals surface area contributed by atoms with Crippen LogP contribution in [0.25, 0.3) is 0 Å². The summed E-state index contributed by atoms with van der Waals surface area (Å²) in [7, 11) is 0. The molecule has 45 heavy (non-hydrogen) atoms. The predicted octanol–water partition coefficient (Wildman–Crippen LogP) is 4.93. The fourth-order valence-corrected chi connectivity index (χ4v) is 3.99. The zero-order valence-electron chi connectivity index (χ0n) is 23.5. The molecule has 3 aromatic rings. The minimum Gasteiger partial charge on any atom is -0.480 e. The minimum atomic E-state index is -1.14. The highest BCUT2D eigenvalue weighted by Crippen LogP contribution is 2.34. The molecule has 17 heteroatoms. The summed E-state index contributed by atoms with van der Waals surface area (Å²) in [6, 6.07) is 12.0. The van der Waals surface area contributed by atoms with Crippen LogP contribution in [0, 0.1) is 20.2 Å². The SMILES string of the molecule is C[C@H](NC(=O)Cc1cccc([N+](=O)[O-])c1)C(=O)O.C[C@H](NC(=O)Cc1cccc([N+](=O)[O-])c1)C(=O)Oc1cc(Cl)c(Cl)cc1Cl. The maximum Gasteiger partial charge on any atom is 0.333 e. The minimum absolute atomic E-state index is 0.0100. The van der Waals surface area contributed by atoms with Gasteiger partial charge in [-0.1, -0.05) is 59.1 Å². The number of carboxylic acid groups (broad SMARTS) is 1. The normalized spacial score (nSPS) is 11.6. The van der Waals surface area contributed by atoms with E-state index in [0.717, 1.165) is 0 Å². The number of hydrogen-bond donors (Lipinski definition) is 3. The highest BCUT2D eigenvalue weighted by Gasteiger charge is 2.20. The van der Waals surface area contributed by atoms with Crippen LogP contribution in [0.15, 0.2) is 60.7 Å². The number of halogens is 3. The van der Waals surface area contributed by atoms with Gasteiger partial charge in [0.25, 0.3) is 11.4 Å². The second-order valence-electron chi connectivity index (χ2n) is 9.24. The Bertz CT molecular complexity index is 1620. The molecule has 3 rings (SSSR count). The lowest BCUT2D eigenvalue weighted by Gasteiger charge is -2.14. The number of carbonyl (C=O) groups excluding carboxylic acids is 3. The van der Waals surface area contributed by atoms with Crippen LogP contribution in [0.1, 0.15) is 25.0 Å². The largest absolute Gasteiger partial charge is 0.480 e. The Balaban J connectivity index is 0.000000341. The molecule has 0 fully saturated rings. The Hall–Kier alpha value is -4.79. The van der Waals surface area contributed by atoms with Crippen molar-refractivity contribution in [2.45, 2.75) is 38.8 Å². The highest BCUT2D eigenvalue weighted by molar-refractivity contribution is 6.43. The monoisotopic (exact) mass is 682 g/mol. The van der Waals surface area contributed by atoms with Crippen molar-refractivity contribution in [2.24, 2.45) is 0 Å². The average Bonchev–Trinajstić information content (AvgIpc) is 2.96. The summed E-state index contributed by atoms with van der Waals surface area (Å²) in [5.74, 6) is -2.88. The summed E-state index contributed by atoms with van der Waals surface area (Å²) in [6.45, 7) is 2.77. The van der Waals surface area contributed by atoms with E-state index in [1.54, 1.807) is 12.1 Å². The van der Waals surface area contributed by atoms with Gasteiger partial charge >= 0.3 is 11.9 Å². The van der Waals surface area contributed by atoms with Gasteiger partial charge < -0.3 is 20.5 Å². The van der Waals surface area contributed by atoms with Gasteiger partial charge in [0, 0.05) is 30.3 Å². The van der Waals surface area contributed by atoms with Crippen LogP contribution in [-0.2, 0) is 32.0 Å². The van der Waals surface area contributed by atoms with Crippen LogP contribution >= 0.6 is 34.8 Å². The van der Waals surface area contributed by atoms with Crippen molar-refractivity contribution < 1.29 is 38.9 Å². The number of nitro groups is 2. The predicted molar refractivity (Wildman–Crippen MR) is 164 cm³/mol. The van der Waals surface area contributed by atoms with E-state index in [4.69, 9.17) is 44.6 Å². The summed E-state index contributed by atoms with van der Waals surface area (Å²) < 4.78 is 5.13. The summed E-state index contributed by atoms with van der Waals surface area (Å²) in [4.78, 5) is 66.4. The first kappa shape index (κ1) is 36.4. The number of amides is 2. The zero-order chi connectivity index (χ0) is 33.8. The second-order valence-corrected chi connectivity index (χ2v) is 10.5. The molecule has 0 saturated carbocycles. The molecule has 0 saturated heterocycles. The van der Waals surface area contributed by atoms with E-state index >= 15 is 0 Å². The molecule has 0 unspecified atom stereocenters. The Kier molecular flexibility index (Phi) is 13.7. The fourth-order valence-electron chi connectivity index (χ4n) is 3.42. The van der Waals surface area contributed by atoms with Gasteiger partial charge in [0.1, 0.15) is 12.1 Å². The van der Waals surface area contributed by atoms with Crippen molar-refractivity contribution in [3.63, 3.8) is 0 Å². The molecule has 2 amide bonds. The third-order valence-electron chi connectivity index (χ3n) is 5.64. The number of nitro benzene ring substituents is 2. The van der Waals surface area contributed by atoms with E-state index in [1.807, 2.05) is 0 Å². The first-order chi connectivity index (χ1) is 21.1. The lowest BCUT2D eigenvalue weighted by Crippen LogP contribution is -2.41. The number of nitrogens with zero attached hydrogens (tertiary/aromatic N) is 2. The summed E-state index contributed by atoms with van der Waals surface area (Å²) in [5, 5.41) is 35.1. The molecule has 0 bridgehead atoms. The smallest absolute Gasteiger partial charge is 0.333 e. The average molecular weight is 684 g/mol. The molecule has 0 radical (unpaired) electrons. The van der Waals surface area contributed by atoms with Crippen molar-refractivity contribution in [3.8, 4) is 5.75 Å². The first-order valence-electron chi connectivity index (χ1n) is 12.7. The van der Waals surface area contributed by atoms with Crippen molar-refractivity contribution in [2.75, 3.05) is 0 Å². The van der Waals surface area contributed by atoms with Gasteiger partial charge in [-0.05, 0) is 31.0 Å². The first-order valence-corrected chi connectivity index (χ1v) is 13.8. The number of carbonyl (C=O) groups is 4. The van der Waals surface area contributed by atoms with Crippen LogP contribution in [0.5, 0.6) is 5.75 Å². The van der Waals surface area contributed by atoms with Gasteiger partial charge in [-0.25, -0.2) is 4.79 Å². The van der Waals surface area contributed by atoms with Crippen molar-refractivity contribution >= 4 is 69.9 Å². The number of non-ortho nitro benzene ring substituents is 2. The number of aliphatic carboxylic acids is 1. The summed E-state index contributed by atoms with van der Waals surface area (Å²) in [6.07, 6.45) is -0.230. The molecule has 3 aromatic carbocycles. The maximum absolute atomic E-state index is 12.1. The van der Waals surface area contributed by atoms with Gasteiger partial charge in [0.05, 0.1) is 37.8 Å². The third-order valence-corrected chi connectivity index (χ3v) is 6.65. The molecular weight excluding hydrogens is 659 g/mol. The van der Waals surface area contributed by atoms with Gasteiger partial charge in [-0.15, -0.1) is 0 Å². The Morgan fingerprint density at radius 3 is 1.64 bits per heavy atom. The van der Waals surface area contributed by atoms with E-state index in [-0.39, 0.29) is 45.0 Å². The van der Waals surface area contributed by atoms with Gasteiger partial charge in [-0.3, -0.25) is 34.6 Å². The lowest BCUT2D eigenvalue weighted by molar-refractivity contribution is -0.385. The molecule has 0 aromatic heterocycles. The molecule has 0 aliphatic carbocycles. The molecule has 0 spiro atoms. The summed E-state index contributed by atoms with van der Waals surface area (Å²) >= 11 is 17.6. The molecule has 0 aliphatic rings. The molecule has 14 nitrogen and oxygen atoms in total. The molecule has 238 valence electrons. The quantitative estimate of drug-likeness (QED) is 0.0816. The van der Waals surface area contributed by atoms with Gasteiger partial charge in [0.2, 0.25) is 11.8 Å². The standard InChI is InChI=1S/C17H13Cl3N2O5.C11H12N2O5/c1-9(17(24)27-15-8-13(19)12(18)7-14(15)20)21-16(23)6-10-3-2-4-11(5-10)22(25)26;1-7(11(15)16)12-10(14)6-8-3-2-4-9(5-8)13(17)18/h2-5,7-9H,6H2,1H3,(H,21,23);2-5,7H,6H2,1H3,(H,12,14)(H,15,16)/t9-;7-/m00/s1. The number of rotatable bonds is 11. The van der Waals surface area contributed by atoms with Crippen LogP contribution in [0.2, 0.25) is 15.1 Å². The lowest BCUT2D eigenvalue weighted by atomic mass is 10.1. The van der Waals surface area contributed by atoms with Crippen molar-refractivity contribution in [3.05, 3.63) is 107 Å². The van der Waals surface area contributed by atoms with Gasteiger partial charge in [-0.2, -0.15) is 0 Å². The van der Waals surface area contributed by atoms with E-state index in [2.05, 4.69) is 10.6 Å². The molecule has 3 N–H and O–H groups in total. The van der Waals surface area contributed by atoms with Gasteiger partial charge in [0.15, 0.2) is 5.75 Å². The van der Waals surface area contributed by atoms with Crippen LogP contribution < -0.4 is 15.4 Å². The number of carboxylic acids is 1. The molecular formula is C28H25Cl3N4O10. The van der Waals surface area contributed by atoms with Crippen LogP contribution in [0.4, 0.5) is 11.4 Å². The molecule has 0 heterocycles. The molecule has 2 atom stereocenters. The Morgan fingerprint density at radius 1 is 0.756 bits per heavy atom. The second kappa shape index (κ2) is 16.9. The van der Waals surface area contributed by atoms with E-state index < -0.39 is 45.7 Å². The number of ether oxygens (including phenoxy) is 1. The van der Waals surface area contributed by atoms with Crippen LogP contribution in [-0.4, -0.2) is 50.8 Å². The maximum atomic E-state index is 12.1. The highest BCUT2D eigenvalue weighted by atomic mass is 35.5. The van der Waals surface area contributed by atoms with Crippen LogP contribution in [0.3, 0.4) is 0 Å². The van der Waals surface area contributed by atoms with Crippen molar-refractivity contribution in [1.29, 1.82) is 0 Å². The number of nitrogens with one attached hydrogen (secondary N) is 2. The number of hydrogen-bond acceptors (Lipinski definition) is 9. The van der Waals surface area contributed by atoms with E-state index in [9.17, 15) is 39.4 Å².